The van der Waals surface area contributed by atoms with E-state index < -0.39 is 0 Å². The van der Waals surface area contributed by atoms with Gasteiger partial charge in [-0.05, 0) is 12.8 Å². The van der Waals surface area contributed by atoms with Crippen molar-refractivity contribution in [1.29, 1.82) is 0 Å². The first-order chi connectivity index (χ1) is 5.84. The van der Waals surface area contributed by atoms with Gasteiger partial charge in [-0.3, -0.25) is 4.79 Å². The summed E-state index contributed by atoms with van der Waals surface area (Å²) < 4.78 is 5.20. The van der Waals surface area contributed by atoms with Crippen LogP contribution in [-0.2, 0) is 9.53 Å². The van der Waals surface area contributed by atoms with E-state index in [0.717, 1.165) is 19.3 Å². The number of hydrogen-bond donors (Lipinski definition) is 1. The summed E-state index contributed by atoms with van der Waals surface area (Å²) in [5.74, 6) is 0.435. The number of hydrogen-bond acceptors (Lipinski definition) is 3. The third-order valence-corrected chi connectivity index (χ3v) is 2.23. The van der Waals surface area contributed by atoms with Crippen LogP contribution >= 0.6 is 0 Å². The Balaban J connectivity index is 2.16. The van der Waals surface area contributed by atoms with Gasteiger partial charge in [-0.25, -0.2) is 0 Å². The van der Waals surface area contributed by atoms with Gasteiger partial charge >= 0.3 is 0 Å². The molecular formula is C9H16O3. The number of aliphatic hydroxyl groups is 1. The van der Waals surface area contributed by atoms with Crippen LogP contribution in [0.15, 0.2) is 0 Å². The molecule has 1 unspecified atom stereocenters. The minimum atomic E-state index is 0.102. The van der Waals surface area contributed by atoms with Crippen LogP contribution in [0.4, 0.5) is 0 Å². The summed E-state index contributed by atoms with van der Waals surface area (Å²) in [6.07, 6.45) is 3.17. The predicted octanol–water partition coefficient (Wildman–Crippen LogP) is 0.755. The molecule has 0 spiro atoms. The molecule has 0 saturated carbocycles. The van der Waals surface area contributed by atoms with E-state index in [2.05, 4.69) is 0 Å². The van der Waals surface area contributed by atoms with Gasteiger partial charge in [-0.15, -0.1) is 0 Å². The molecule has 0 aliphatic carbocycles. The molecule has 0 amide bonds. The van der Waals surface area contributed by atoms with E-state index in [1.54, 1.807) is 0 Å². The highest BCUT2D eigenvalue weighted by atomic mass is 16.5. The van der Waals surface area contributed by atoms with Crippen LogP contribution in [0.25, 0.3) is 0 Å². The Morgan fingerprint density at radius 3 is 3.00 bits per heavy atom. The highest BCUT2D eigenvalue weighted by Gasteiger charge is 2.21. The average molecular weight is 172 g/mol. The fourth-order valence-corrected chi connectivity index (χ4v) is 1.44. The summed E-state index contributed by atoms with van der Waals surface area (Å²) in [7, 11) is 0. The van der Waals surface area contributed by atoms with Crippen molar-refractivity contribution < 1.29 is 14.6 Å². The largest absolute Gasteiger partial charge is 0.396 e. The lowest BCUT2D eigenvalue weighted by atomic mass is 9.95. The molecule has 1 atom stereocenters. The first-order valence-corrected chi connectivity index (χ1v) is 4.56. The van der Waals surface area contributed by atoms with Crippen molar-refractivity contribution >= 4 is 5.78 Å². The van der Waals surface area contributed by atoms with Gasteiger partial charge in [0.1, 0.15) is 5.78 Å². The van der Waals surface area contributed by atoms with Gasteiger partial charge in [-0.2, -0.15) is 0 Å². The molecule has 0 bridgehead atoms. The molecule has 3 heteroatoms. The predicted molar refractivity (Wildman–Crippen MR) is 44.9 cm³/mol. The maximum absolute atomic E-state index is 11.2. The summed E-state index contributed by atoms with van der Waals surface area (Å²) in [6, 6.07) is 0. The third-order valence-electron chi connectivity index (χ3n) is 2.23. The Kier molecular flexibility index (Phi) is 4.25. The van der Waals surface area contributed by atoms with E-state index in [1.165, 1.54) is 0 Å². The van der Waals surface area contributed by atoms with Crippen LogP contribution in [-0.4, -0.2) is 30.7 Å². The first kappa shape index (κ1) is 9.68. The Morgan fingerprint density at radius 2 is 2.33 bits per heavy atom. The molecule has 3 nitrogen and oxygen atoms in total. The van der Waals surface area contributed by atoms with E-state index in [-0.39, 0.29) is 12.5 Å². The zero-order valence-corrected chi connectivity index (χ0v) is 7.29. The molecule has 1 heterocycles. The van der Waals surface area contributed by atoms with Crippen LogP contribution in [0.5, 0.6) is 0 Å². The van der Waals surface area contributed by atoms with E-state index in [4.69, 9.17) is 9.84 Å². The number of carbonyl (C=O) groups is 1. The van der Waals surface area contributed by atoms with Gasteiger partial charge in [0, 0.05) is 18.9 Å². The highest BCUT2D eigenvalue weighted by Crippen LogP contribution is 2.16. The van der Waals surface area contributed by atoms with Crippen LogP contribution < -0.4 is 0 Å². The molecule has 1 aliphatic heterocycles. The van der Waals surface area contributed by atoms with Crippen LogP contribution in [0.3, 0.4) is 0 Å². The minimum Gasteiger partial charge on any atom is -0.396 e. The topological polar surface area (TPSA) is 46.5 Å². The van der Waals surface area contributed by atoms with Gasteiger partial charge in [0.05, 0.1) is 13.2 Å². The smallest absolute Gasteiger partial charge is 0.140 e. The molecule has 1 saturated heterocycles. The lowest BCUT2D eigenvalue weighted by molar-refractivity contribution is -0.130. The average Bonchev–Trinajstić information content (AvgIpc) is 2.09. The lowest BCUT2D eigenvalue weighted by Crippen LogP contribution is -2.27. The number of ketones is 1. The SMILES string of the molecule is O=C1CCOCC1CCCCO. The van der Waals surface area contributed by atoms with E-state index in [1.807, 2.05) is 0 Å². The Labute approximate surface area is 72.7 Å². The van der Waals surface area contributed by atoms with Crippen molar-refractivity contribution in [1.82, 2.24) is 0 Å². The van der Waals surface area contributed by atoms with Crippen molar-refractivity contribution in [2.45, 2.75) is 25.7 Å². The second-order valence-corrected chi connectivity index (χ2v) is 3.21. The lowest BCUT2D eigenvalue weighted by Gasteiger charge is -2.20. The van der Waals surface area contributed by atoms with E-state index in [9.17, 15) is 4.79 Å². The zero-order valence-electron chi connectivity index (χ0n) is 7.29. The first-order valence-electron chi connectivity index (χ1n) is 4.56. The Morgan fingerprint density at radius 1 is 1.50 bits per heavy atom. The number of ether oxygens (including phenoxy) is 1. The molecule has 1 rings (SSSR count). The standard InChI is InChI=1S/C9H16O3/c10-5-2-1-3-8-7-12-6-4-9(8)11/h8,10H,1-7H2. The number of carbonyl (C=O) groups excluding carboxylic acids is 1. The van der Waals surface area contributed by atoms with Crippen LogP contribution in [0.1, 0.15) is 25.7 Å². The highest BCUT2D eigenvalue weighted by molar-refractivity contribution is 5.81. The fraction of sp³-hybridized carbons (Fsp3) is 0.889. The van der Waals surface area contributed by atoms with Crippen molar-refractivity contribution in [2.75, 3.05) is 19.8 Å². The number of aliphatic hydroxyl groups excluding tert-OH is 1. The molecule has 70 valence electrons. The number of unbranched alkanes of at least 4 members (excludes halogenated alkanes) is 1. The molecule has 0 aromatic carbocycles. The molecule has 1 fully saturated rings. The summed E-state index contributed by atoms with van der Waals surface area (Å²) >= 11 is 0. The summed E-state index contributed by atoms with van der Waals surface area (Å²) in [5, 5.41) is 8.55. The Hall–Kier alpha value is -0.410. The maximum Gasteiger partial charge on any atom is 0.140 e. The molecular weight excluding hydrogens is 156 g/mol. The van der Waals surface area contributed by atoms with E-state index >= 15 is 0 Å². The molecule has 12 heavy (non-hydrogen) atoms. The summed E-state index contributed by atoms with van der Waals surface area (Å²) in [6.45, 7) is 1.40. The maximum atomic E-state index is 11.2. The van der Waals surface area contributed by atoms with Crippen molar-refractivity contribution in [2.24, 2.45) is 5.92 Å². The van der Waals surface area contributed by atoms with Gasteiger partial charge < -0.3 is 9.84 Å². The molecule has 1 aliphatic rings. The van der Waals surface area contributed by atoms with Crippen molar-refractivity contribution in [3.63, 3.8) is 0 Å². The minimum absolute atomic E-state index is 0.102. The van der Waals surface area contributed by atoms with Gasteiger partial charge in [0.25, 0.3) is 0 Å². The summed E-state index contributed by atoms with van der Waals surface area (Å²) in [4.78, 5) is 11.2. The van der Waals surface area contributed by atoms with Crippen molar-refractivity contribution in [3.05, 3.63) is 0 Å². The molecule has 0 aromatic rings. The van der Waals surface area contributed by atoms with E-state index in [0.29, 0.717) is 25.4 Å². The van der Waals surface area contributed by atoms with Crippen molar-refractivity contribution in [3.8, 4) is 0 Å². The Bertz CT molecular complexity index is 145. The third kappa shape index (κ3) is 2.91. The number of rotatable bonds is 4. The monoisotopic (exact) mass is 172 g/mol. The normalized spacial score (nSPS) is 24.4. The van der Waals surface area contributed by atoms with Gasteiger partial charge in [0.15, 0.2) is 0 Å². The molecule has 0 radical (unpaired) electrons. The van der Waals surface area contributed by atoms with Crippen LogP contribution in [0.2, 0.25) is 0 Å². The second kappa shape index (κ2) is 5.27. The quantitative estimate of drug-likeness (QED) is 0.637. The van der Waals surface area contributed by atoms with Gasteiger partial charge in [0.2, 0.25) is 0 Å². The van der Waals surface area contributed by atoms with Gasteiger partial charge in [-0.1, -0.05) is 6.42 Å². The summed E-state index contributed by atoms with van der Waals surface area (Å²) in [5.41, 5.74) is 0. The number of Topliss-reactive ketones (excluding diaryl/α,β-unsaturated/α-hetero) is 1. The molecule has 1 N–H and O–H groups in total. The second-order valence-electron chi connectivity index (χ2n) is 3.21. The zero-order chi connectivity index (χ0) is 8.81. The van der Waals surface area contributed by atoms with Crippen LogP contribution in [0, 0.1) is 5.92 Å². The fourth-order valence-electron chi connectivity index (χ4n) is 1.44. The molecule has 0 aromatic heterocycles.